The summed E-state index contributed by atoms with van der Waals surface area (Å²) in [6.45, 7) is 4.21. The molecule has 2 aliphatic rings. The topological polar surface area (TPSA) is 83.5 Å². The van der Waals surface area contributed by atoms with Gasteiger partial charge in [0.05, 0.1) is 0 Å². The fourth-order valence-electron chi connectivity index (χ4n) is 5.04. The molecule has 0 aliphatic carbocycles. The Morgan fingerprint density at radius 3 is 2.31 bits per heavy atom. The molecule has 2 aliphatic heterocycles. The number of piperidine rings is 1. The van der Waals surface area contributed by atoms with Crippen molar-refractivity contribution in [2.24, 2.45) is 5.92 Å². The Balaban J connectivity index is 1.43. The number of carbonyl (C=O) groups excluding carboxylic acids is 1. The molecule has 0 bridgehead atoms. The molecule has 190 valence electrons. The Labute approximate surface area is 205 Å². The van der Waals surface area contributed by atoms with Crippen molar-refractivity contribution in [1.29, 1.82) is 0 Å². The van der Waals surface area contributed by atoms with Crippen molar-refractivity contribution in [2.45, 2.75) is 62.8 Å². The zero-order valence-electron chi connectivity index (χ0n) is 20.2. The van der Waals surface area contributed by atoms with E-state index in [2.05, 4.69) is 21.8 Å². The average Bonchev–Trinajstić information content (AvgIpc) is 3.02. The molecule has 0 spiro atoms. The van der Waals surface area contributed by atoms with E-state index in [-0.39, 0.29) is 23.9 Å². The molecule has 1 atom stereocenters. The molecule has 4 rings (SSSR count). The van der Waals surface area contributed by atoms with E-state index in [1.54, 1.807) is 0 Å². The lowest BCUT2D eigenvalue weighted by atomic mass is 9.93. The molecule has 2 aromatic rings. The second-order valence-electron chi connectivity index (χ2n) is 9.54. The molecule has 2 fully saturated rings. The van der Waals surface area contributed by atoms with Gasteiger partial charge in [-0.2, -0.15) is 0 Å². The van der Waals surface area contributed by atoms with Gasteiger partial charge >= 0.3 is 0 Å². The predicted octanol–water partition coefficient (Wildman–Crippen LogP) is 3.56. The Morgan fingerprint density at radius 1 is 1.00 bits per heavy atom. The van der Waals surface area contributed by atoms with Gasteiger partial charge in [0.25, 0.3) is 0 Å². The number of benzene rings is 1. The summed E-state index contributed by atoms with van der Waals surface area (Å²) < 4.78 is 52.4. The van der Waals surface area contributed by atoms with E-state index in [0.29, 0.717) is 18.9 Å². The highest BCUT2D eigenvalue weighted by Crippen LogP contribution is 2.29. The fraction of sp³-hybridized carbons (Fsp3) is 0.560. The monoisotopic (exact) mass is 506 g/mol. The van der Waals surface area contributed by atoms with E-state index in [1.807, 2.05) is 17.3 Å². The summed E-state index contributed by atoms with van der Waals surface area (Å²) in [4.78, 5) is 25.8. The lowest BCUT2D eigenvalue weighted by molar-refractivity contribution is -0.137. The van der Waals surface area contributed by atoms with Gasteiger partial charge < -0.3 is 9.80 Å². The van der Waals surface area contributed by atoms with Gasteiger partial charge in [0.1, 0.15) is 16.5 Å². The third kappa shape index (κ3) is 5.79. The highest BCUT2D eigenvalue weighted by Gasteiger charge is 2.34. The average molecular weight is 507 g/mol. The van der Waals surface area contributed by atoms with Crippen molar-refractivity contribution in [2.75, 3.05) is 30.8 Å². The van der Waals surface area contributed by atoms with E-state index in [4.69, 9.17) is 0 Å². The number of aromatic nitrogens is 2. The summed E-state index contributed by atoms with van der Waals surface area (Å²) in [5.41, 5.74) is 1.13. The number of hydrogen-bond donors (Lipinski definition) is 0. The Bertz CT molecular complexity index is 1170. The lowest BCUT2D eigenvalue weighted by Crippen LogP contribution is -2.49. The standard InChI is InChI=1S/C25H32F2N4O3S/c1-3-17-15-28-25(29-16-17)30-10-7-20(8-11-30)31-9-5-4-6-18(24(31)32)12-19-13-22(27)23(14-21(19)26)35(2,33)34/h13-16,18,20H,3-12H2,1-2H3/t18-/m1/s1. The van der Waals surface area contributed by atoms with E-state index >= 15 is 0 Å². The molecule has 0 unspecified atom stereocenters. The van der Waals surface area contributed by atoms with Gasteiger partial charge in [-0.3, -0.25) is 4.79 Å². The number of nitrogens with zero attached hydrogens (tertiary/aromatic N) is 4. The number of halogens is 2. The minimum atomic E-state index is -3.88. The van der Waals surface area contributed by atoms with E-state index < -0.39 is 32.3 Å². The van der Waals surface area contributed by atoms with Crippen LogP contribution in [0.3, 0.4) is 0 Å². The number of rotatable bonds is 6. The molecule has 0 radical (unpaired) electrons. The summed E-state index contributed by atoms with van der Waals surface area (Å²) >= 11 is 0. The second kappa shape index (κ2) is 10.6. The number of carbonyl (C=O) groups is 1. The maximum absolute atomic E-state index is 14.7. The van der Waals surface area contributed by atoms with Crippen LogP contribution in [-0.4, -0.2) is 61.1 Å². The van der Waals surface area contributed by atoms with Crippen LogP contribution >= 0.6 is 0 Å². The van der Waals surface area contributed by atoms with Crippen molar-refractivity contribution in [3.8, 4) is 0 Å². The minimum Gasteiger partial charge on any atom is -0.341 e. The van der Waals surface area contributed by atoms with Crippen LogP contribution in [0.2, 0.25) is 0 Å². The van der Waals surface area contributed by atoms with Crippen molar-refractivity contribution >= 4 is 21.7 Å². The summed E-state index contributed by atoms with van der Waals surface area (Å²) in [7, 11) is -3.88. The predicted molar refractivity (Wildman–Crippen MR) is 129 cm³/mol. The van der Waals surface area contributed by atoms with Gasteiger partial charge in [-0.05, 0) is 61.8 Å². The maximum atomic E-state index is 14.7. The quantitative estimate of drug-likeness (QED) is 0.596. The van der Waals surface area contributed by atoms with Crippen LogP contribution in [0.15, 0.2) is 29.4 Å². The first kappa shape index (κ1) is 25.5. The first-order valence-electron chi connectivity index (χ1n) is 12.2. The first-order valence-corrected chi connectivity index (χ1v) is 14.1. The number of amides is 1. The number of likely N-dealkylation sites (tertiary alicyclic amines) is 1. The Morgan fingerprint density at radius 2 is 1.69 bits per heavy atom. The van der Waals surface area contributed by atoms with Gasteiger partial charge in [-0.15, -0.1) is 0 Å². The van der Waals surface area contributed by atoms with Crippen molar-refractivity contribution in [3.05, 3.63) is 47.3 Å². The smallest absolute Gasteiger partial charge is 0.226 e. The highest BCUT2D eigenvalue weighted by molar-refractivity contribution is 7.90. The van der Waals surface area contributed by atoms with Crippen LogP contribution in [0.5, 0.6) is 0 Å². The van der Waals surface area contributed by atoms with E-state index in [1.165, 1.54) is 0 Å². The van der Waals surface area contributed by atoms with Crippen LogP contribution in [0.1, 0.15) is 50.2 Å². The summed E-state index contributed by atoms with van der Waals surface area (Å²) in [6.07, 6.45) is 9.37. The fourth-order valence-corrected chi connectivity index (χ4v) is 5.77. The van der Waals surface area contributed by atoms with Crippen LogP contribution in [-0.2, 0) is 27.5 Å². The third-order valence-electron chi connectivity index (χ3n) is 7.09. The molecule has 1 aromatic heterocycles. The number of aryl methyl sites for hydroxylation is 1. The van der Waals surface area contributed by atoms with Crippen molar-refractivity contribution < 1.29 is 22.0 Å². The molecule has 0 saturated carbocycles. The number of hydrogen-bond acceptors (Lipinski definition) is 6. The second-order valence-corrected chi connectivity index (χ2v) is 11.5. The summed E-state index contributed by atoms with van der Waals surface area (Å²) in [5.74, 6) is -1.56. The Kier molecular flexibility index (Phi) is 7.68. The minimum absolute atomic E-state index is 0.0310. The molecule has 1 aromatic carbocycles. The normalized spacial score (nSPS) is 20.2. The zero-order chi connectivity index (χ0) is 25.2. The molecular formula is C25H32F2N4O3S. The molecule has 1 amide bonds. The van der Waals surface area contributed by atoms with Gasteiger partial charge in [0, 0.05) is 50.2 Å². The van der Waals surface area contributed by atoms with Crippen LogP contribution in [0.25, 0.3) is 0 Å². The van der Waals surface area contributed by atoms with E-state index in [0.717, 1.165) is 69.1 Å². The van der Waals surface area contributed by atoms with E-state index in [9.17, 15) is 22.0 Å². The molecule has 35 heavy (non-hydrogen) atoms. The lowest BCUT2D eigenvalue weighted by Gasteiger charge is -2.39. The summed E-state index contributed by atoms with van der Waals surface area (Å²) in [5, 5.41) is 0. The molecule has 10 heteroatoms. The van der Waals surface area contributed by atoms with Crippen molar-refractivity contribution in [3.63, 3.8) is 0 Å². The molecular weight excluding hydrogens is 474 g/mol. The largest absolute Gasteiger partial charge is 0.341 e. The molecule has 3 heterocycles. The first-order chi connectivity index (χ1) is 16.7. The molecule has 0 N–H and O–H groups in total. The highest BCUT2D eigenvalue weighted by atomic mass is 32.2. The third-order valence-corrected chi connectivity index (χ3v) is 8.20. The van der Waals surface area contributed by atoms with Crippen LogP contribution < -0.4 is 4.90 Å². The van der Waals surface area contributed by atoms with Crippen molar-refractivity contribution in [1.82, 2.24) is 14.9 Å². The van der Waals surface area contributed by atoms with Gasteiger partial charge in [0.2, 0.25) is 11.9 Å². The van der Waals surface area contributed by atoms with Gasteiger partial charge in [0.15, 0.2) is 9.84 Å². The van der Waals surface area contributed by atoms with Crippen LogP contribution in [0, 0.1) is 17.6 Å². The van der Waals surface area contributed by atoms with Crippen LogP contribution in [0.4, 0.5) is 14.7 Å². The van der Waals surface area contributed by atoms with Gasteiger partial charge in [-0.1, -0.05) is 13.3 Å². The molecule has 7 nitrogen and oxygen atoms in total. The number of sulfone groups is 1. The SMILES string of the molecule is CCc1cnc(N2CCC(N3CCCC[C@H](Cc4cc(F)c(S(C)(=O)=O)cc4F)C3=O)CC2)nc1. The summed E-state index contributed by atoms with van der Waals surface area (Å²) in [6, 6.07) is 1.74. The zero-order valence-corrected chi connectivity index (χ0v) is 21.0. The Hall–Kier alpha value is -2.62. The van der Waals surface area contributed by atoms with Gasteiger partial charge in [-0.25, -0.2) is 27.2 Å². The number of anilines is 1. The molecule has 2 saturated heterocycles. The maximum Gasteiger partial charge on any atom is 0.226 e.